The summed E-state index contributed by atoms with van der Waals surface area (Å²) in [6.45, 7) is 6.03. The van der Waals surface area contributed by atoms with E-state index in [1.165, 1.54) is 4.68 Å². The van der Waals surface area contributed by atoms with Gasteiger partial charge in [-0.1, -0.05) is 13.8 Å². The predicted molar refractivity (Wildman–Crippen MR) is 70.7 cm³/mol. The first-order valence-electron chi connectivity index (χ1n) is 5.44. The lowest BCUT2D eigenvalue weighted by Crippen LogP contribution is -2.15. The largest absolute Gasteiger partial charge is 0.292 e. The SMILES string of the molecule is Cc1ccnc(-n2[nH]c(C(C)C)c(Br)c2=O)c1. The summed E-state index contributed by atoms with van der Waals surface area (Å²) in [5.41, 5.74) is 1.85. The molecule has 17 heavy (non-hydrogen) atoms. The average Bonchev–Trinajstić information content (AvgIpc) is 2.56. The summed E-state index contributed by atoms with van der Waals surface area (Å²) in [4.78, 5) is 16.2. The number of halogens is 1. The molecule has 0 aliphatic heterocycles. The summed E-state index contributed by atoms with van der Waals surface area (Å²) >= 11 is 3.33. The second-order valence-corrected chi connectivity index (χ2v) is 5.12. The van der Waals surface area contributed by atoms with Crippen molar-refractivity contribution in [3.05, 3.63) is 44.4 Å². The minimum Gasteiger partial charge on any atom is -0.292 e. The van der Waals surface area contributed by atoms with Gasteiger partial charge in [0.2, 0.25) is 0 Å². The Kier molecular flexibility index (Phi) is 3.19. The first-order chi connectivity index (χ1) is 8.00. The van der Waals surface area contributed by atoms with Crippen LogP contribution in [0.25, 0.3) is 5.82 Å². The Morgan fingerprint density at radius 1 is 1.47 bits per heavy atom. The van der Waals surface area contributed by atoms with E-state index in [1.807, 2.05) is 32.9 Å². The zero-order valence-corrected chi connectivity index (χ0v) is 11.6. The Morgan fingerprint density at radius 3 is 2.71 bits per heavy atom. The molecule has 0 amide bonds. The number of aryl methyl sites for hydroxylation is 1. The highest BCUT2D eigenvalue weighted by molar-refractivity contribution is 9.10. The van der Waals surface area contributed by atoms with Crippen LogP contribution < -0.4 is 5.56 Å². The van der Waals surface area contributed by atoms with Crippen molar-refractivity contribution in [1.82, 2.24) is 14.8 Å². The fourth-order valence-corrected chi connectivity index (χ4v) is 2.34. The molecule has 0 aliphatic rings. The summed E-state index contributed by atoms with van der Waals surface area (Å²) < 4.78 is 2.04. The number of pyridine rings is 1. The highest BCUT2D eigenvalue weighted by Gasteiger charge is 2.15. The van der Waals surface area contributed by atoms with Crippen LogP contribution in [0.5, 0.6) is 0 Å². The molecule has 0 saturated heterocycles. The molecular weight excluding hydrogens is 282 g/mol. The van der Waals surface area contributed by atoms with Gasteiger partial charge < -0.3 is 0 Å². The number of aromatic amines is 1. The average molecular weight is 296 g/mol. The van der Waals surface area contributed by atoms with Gasteiger partial charge in [0.05, 0.1) is 5.69 Å². The molecule has 0 saturated carbocycles. The number of nitrogens with zero attached hydrogens (tertiary/aromatic N) is 2. The maximum Gasteiger partial charge on any atom is 0.287 e. The lowest BCUT2D eigenvalue weighted by Gasteiger charge is -2.03. The standard InChI is InChI=1S/C12H14BrN3O/c1-7(2)11-10(13)12(17)16(15-11)9-6-8(3)4-5-14-9/h4-7,15H,1-3H3. The maximum absolute atomic E-state index is 12.1. The normalized spacial score (nSPS) is 11.1. The van der Waals surface area contributed by atoms with Crippen LogP contribution in [0, 0.1) is 6.92 Å². The molecule has 2 rings (SSSR count). The molecule has 0 aromatic carbocycles. The lowest BCUT2D eigenvalue weighted by atomic mass is 10.1. The summed E-state index contributed by atoms with van der Waals surface area (Å²) in [6.07, 6.45) is 1.70. The maximum atomic E-state index is 12.1. The molecule has 0 bridgehead atoms. The highest BCUT2D eigenvalue weighted by atomic mass is 79.9. The molecule has 5 heteroatoms. The summed E-state index contributed by atoms with van der Waals surface area (Å²) in [7, 11) is 0. The third-order valence-electron chi connectivity index (χ3n) is 2.57. The van der Waals surface area contributed by atoms with E-state index in [4.69, 9.17) is 0 Å². The van der Waals surface area contributed by atoms with Crippen molar-refractivity contribution < 1.29 is 0 Å². The van der Waals surface area contributed by atoms with Crippen LogP contribution in [-0.2, 0) is 0 Å². The van der Waals surface area contributed by atoms with Crippen LogP contribution >= 0.6 is 15.9 Å². The van der Waals surface area contributed by atoms with Crippen molar-refractivity contribution >= 4 is 15.9 Å². The Hall–Kier alpha value is -1.36. The zero-order chi connectivity index (χ0) is 12.6. The van der Waals surface area contributed by atoms with E-state index in [9.17, 15) is 4.79 Å². The monoisotopic (exact) mass is 295 g/mol. The van der Waals surface area contributed by atoms with Gasteiger partial charge in [-0.15, -0.1) is 0 Å². The van der Waals surface area contributed by atoms with E-state index >= 15 is 0 Å². The van der Waals surface area contributed by atoms with Crippen molar-refractivity contribution in [2.75, 3.05) is 0 Å². The molecule has 2 heterocycles. The van der Waals surface area contributed by atoms with E-state index in [1.54, 1.807) is 6.20 Å². The van der Waals surface area contributed by atoms with E-state index in [-0.39, 0.29) is 11.5 Å². The second-order valence-electron chi connectivity index (χ2n) is 4.33. The predicted octanol–water partition coefficient (Wildman–Crippen LogP) is 2.75. The summed E-state index contributed by atoms with van der Waals surface area (Å²) in [5.74, 6) is 0.866. The molecule has 0 atom stereocenters. The molecule has 0 spiro atoms. The first-order valence-corrected chi connectivity index (χ1v) is 6.23. The van der Waals surface area contributed by atoms with Crippen LogP contribution in [0.1, 0.15) is 31.0 Å². The molecule has 0 fully saturated rings. The van der Waals surface area contributed by atoms with Gasteiger partial charge in [-0.25, -0.2) is 9.67 Å². The van der Waals surface area contributed by atoms with Gasteiger partial charge in [-0.2, -0.15) is 0 Å². The van der Waals surface area contributed by atoms with Gasteiger partial charge in [0.1, 0.15) is 4.47 Å². The topological polar surface area (TPSA) is 50.7 Å². The van der Waals surface area contributed by atoms with Gasteiger partial charge in [-0.3, -0.25) is 9.89 Å². The van der Waals surface area contributed by atoms with E-state index in [0.29, 0.717) is 10.3 Å². The van der Waals surface area contributed by atoms with Gasteiger partial charge in [-0.05, 0) is 46.5 Å². The summed E-state index contributed by atoms with van der Waals surface area (Å²) in [5, 5.41) is 3.09. The Bertz CT molecular complexity index is 598. The number of aromatic nitrogens is 3. The molecule has 0 unspecified atom stereocenters. The van der Waals surface area contributed by atoms with Gasteiger partial charge in [0.15, 0.2) is 5.82 Å². The Labute approximate surface area is 108 Å². The minimum absolute atomic E-state index is 0.105. The van der Waals surface area contributed by atoms with Crippen molar-refractivity contribution in [3.8, 4) is 5.82 Å². The third kappa shape index (κ3) is 2.20. The molecule has 0 aliphatic carbocycles. The number of H-pyrrole nitrogens is 1. The van der Waals surface area contributed by atoms with Crippen molar-refractivity contribution in [3.63, 3.8) is 0 Å². The number of hydrogen-bond acceptors (Lipinski definition) is 2. The number of nitrogens with one attached hydrogen (secondary N) is 1. The van der Waals surface area contributed by atoms with Crippen molar-refractivity contribution in [1.29, 1.82) is 0 Å². The van der Waals surface area contributed by atoms with E-state index < -0.39 is 0 Å². The van der Waals surface area contributed by atoms with Crippen molar-refractivity contribution in [2.24, 2.45) is 0 Å². The van der Waals surface area contributed by atoms with Crippen LogP contribution in [-0.4, -0.2) is 14.8 Å². The van der Waals surface area contributed by atoms with E-state index in [0.717, 1.165) is 11.3 Å². The second kappa shape index (κ2) is 4.49. The van der Waals surface area contributed by atoms with Crippen molar-refractivity contribution in [2.45, 2.75) is 26.7 Å². The molecule has 1 N–H and O–H groups in total. The Morgan fingerprint density at radius 2 is 2.18 bits per heavy atom. The molecule has 90 valence electrons. The smallest absolute Gasteiger partial charge is 0.287 e. The minimum atomic E-state index is -0.105. The highest BCUT2D eigenvalue weighted by Crippen LogP contribution is 2.20. The Balaban J connectivity index is 2.61. The van der Waals surface area contributed by atoms with Gasteiger partial charge >= 0.3 is 0 Å². The fourth-order valence-electron chi connectivity index (χ4n) is 1.62. The van der Waals surface area contributed by atoms with Crippen LogP contribution in [0.4, 0.5) is 0 Å². The molecule has 0 radical (unpaired) electrons. The van der Waals surface area contributed by atoms with Gasteiger partial charge in [0, 0.05) is 6.20 Å². The number of hydrogen-bond donors (Lipinski definition) is 1. The zero-order valence-electron chi connectivity index (χ0n) is 9.99. The van der Waals surface area contributed by atoms with E-state index in [2.05, 4.69) is 26.0 Å². The summed E-state index contributed by atoms with van der Waals surface area (Å²) in [6, 6.07) is 3.77. The number of rotatable bonds is 2. The fraction of sp³-hybridized carbons (Fsp3) is 0.333. The van der Waals surface area contributed by atoms with Gasteiger partial charge in [0.25, 0.3) is 5.56 Å². The molecule has 2 aromatic rings. The van der Waals surface area contributed by atoms with Crippen LogP contribution in [0.15, 0.2) is 27.6 Å². The lowest BCUT2D eigenvalue weighted by molar-refractivity contribution is 0.747. The molecular formula is C12H14BrN3O. The van der Waals surface area contributed by atoms with Crippen LogP contribution in [0.3, 0.4) is 0 Å². The third-order valence-corrected chi connectivity index (χ3v) is 3.33. The van der Waals surface area contributed by atoms with Crippen LogP contribution in [0.2, 0.25) is 0 Å². The molecule has 2 aromatic heterocycles. The molecule has 4 nitrogen and oxygen atoms in total. The quantitative estimate of drug-likeness (QED) is 0.926. The first kappa shape index (κ1) is 12.1.